The van der Waals surface area contributed by atoms with Gasteiger partial charge in [-0.25, -0.2) is 4.98 Å². The van der Waals surface area contributed by atoms with Crippen LogP contribution in [0.1, 0.15) is 43.5 Å². The average molecular weight is 318 g/mol. The fourth-order valence-corrected chi connectivity index (χ4v) is 3.36. The van der Waals surface area contributed by atoms with Crippen LogP contribution in [0.3, 0.4) is 0 Å². The van der Waals surface area contributed by atoms with Crippen molar-refractivity contribution in [1.29, 1.82) is 5.26 Å². The molecule has 0 spiro atoms. The Balaban J connectivity index is 2.32. The van der Waals surface area contributed by atoms with Crippen LogP contribution in [0.4, 0.5) is 0 Å². The van der Waals surface area contributed by atoms with Gasteiger partial charge < -0.3 is 4.74 Å². The van der Waals surface area contributed by atoms with Crippen molar-refractivity contribution in [2.45, 2.75) is 49.8 Å². The normalized spacial score (nSPS) is 14.6. The van der Waals surface area contributed by atoms with Gasteiger partial charge in [-0.15, -0.1) is 0 Å². The molecule has 0 aromatic carbocycles. The fourth-order valence-electron chi connectivity index (χ4n) is 2.41. The van der Waals surface area contributed by atoms with Crippen molar-refractivity contribution in [1.82, 2.24) is 4.98 Å². The highest BCUT2D eigenvalue weighted by atomic mass is 32.2. The highest BCUT2D eigenvalue weighted by Gasteiger charge is 2.28. The Morgan fingerprint density at radius 1 is 1.45 bits per heavy atom. The van der Waals surface area contributed by atoms with Gasteiger partial charge in [0, 0.05) is 5.69 Å². The number of pyridine rings is 1. The summed E-state index contributed by atoms with van der Waals surface area (Å²) in [5, 5.41) is 8.78. The predicted octanol–water partition coefficient (Wildman–Crippen LogP) is 2.44. The molecule has 0 aliphatic heterocycles. The van der Waals surface area contributed by atoms with Crippen molar-refractivity contribution >= 4 is 23.5 Å². The third kappa shape index (κ3) is 3.66. The molecule has 2 rings (SSSR count). The molecule has 0 amide bonds. The Kier molecular flexibility index (Phi) is 5.56. The van der Waals surface area contributed by atoms with E-state index in [-0.39, 0.29) is 12.4 Å². The summed E-state index contributed by atoms with van der Waals surface area (Å²) in [5.74, 6) is -0.879. The lowest BCUT2D eigenvalue weighted by Crippen LogP contribution is -2.27. The number of aryl methyl sites for hydroxylation is 2. The largest absolute Gasteiger partial charge is 0.465 e. The van der Waals surface area contributed by atoms with E-state index >= 15 is 0 Å². The fraction of sp³-hybridized carbons (Fsp3) is 0.500. The monoisotopic (exact) mass is 318 g/mol. The van der Waals surface area contributed by atoms with Crippen molar-refractivity contribution in [3.05, 3.63) is 22.9 Å². The van der Waals surface area contributed by atoms with Gasteiger partial charge in [-0.2, -0.15) is 5.26 Å². The first kappa shape index (κ1) is 16.5. The first-order valence-corrected chi connectivity index (χ1v) is 8.21. The lowest BCUT2D eigenvalue weighted by atomic mass is 9.95. The van der Waals surface area contributed by atoms with Crippen LogP contribution < -0.4 is 0 Å². The van der Waals surface area contributed by atoms with Gasteiger partial charge in [0.05, 0.1) is 12.2 Å². The zero-order valence-corrected chi connectivity index (χ0v) is 13.5. The third-order valence-corrected chi connectivity index (χ3v) is 4.78. The van der Waals surface area contributed by atoms with E-state index < -0.39 is 11.2 Å². The van der Waals surface area contributed by atoms with E-state index in [9.17, 15) is 14.9 Å². The third-order valence-electron chi connectivity index (χ3n) is 3.49. The van der Waals surface area contributed by atoms with Crippen LogP contribution in [0.5, 0.6) is 0 Å². The van der Waals surface area contributed by atoms with Gasteiger partial charge in [-0.05, 0) is 51.2 Å². The number of hydrogen-bond donors (Lipinski definition) is 0. The number of ether oxygens (including phenoxy) is 1. The van der Waals surface area contributed by atoms with Crippen LogP contribution >= 0.6 is 11.8 Å². The average Bonchev–Trinajstić information content (AvgIpc) is 2.51. The van der Waals surface area contributed by atoms with Gasteiger partial charge in [0.1, 0.15) is 11.1 Å². The molecule has 1 heterocycles. The summed E-state index contributed by atoms with van der Waals surface area (Å²) in [4.78, 5) is 28.2. The maximum Gasteiger partial charge on any atom is 0.327 e. The quantitative estimate of drug-likeness (QED) is 0.471. The molecule has 6 heteroatoms. The number of thioether (sulfide) groups is 1. The van der Waals surface area contributed by atoms with Crippen LogP contribution in [-0.4, -0.2) is 28.6 Å². The molecule has 0 fully saturated rings. The van der Waals surface area contributed by atoms with Crippen LogP contribution in [0.15, 0.2) is 11.1 Å². The van der Waals surface area contributed by atoms with Crippen molar-refractivity contribution in [2.24, 2.45) is 0 Å². The van der Waals surface area contributed by atoms with Crippen molar-refractivity contribution in [3.63, 3.8) is 0 Å². The van der Waals surface area contributed by atoms with E-state index in [1.807, 2.05) is 6.07 Å². The molecule has 1 aromatic rings. The summed E-state index contributed by atoms with van der Waals surface area (Å²) < 4.78 is 4.93. The van der Waals surface area contributed by atoms with E-state index in [4.69, 9.17) is 4.74 Å². The topological polar surface area (TPSA) is 80.0 Å². The second-order valence-electron chi connectivity index (χ2n) is 5.13. The molecule has 1 aliphatic rings. The first-order valence-electron chi connectivity index (χ1n) is 7.33. The summed E-state index contributed by atoms with van der Waals surface area (Å²) in [6, 6.07) is 3.95. The maximum atomic E-state index is 11.9. The number of carbonyl (C=O) groups excluding carboxylic acids is 2. The molecular weight excluding hydrogens is 300 g/mol. The molecule has 0 unspecified atom stereocenters. The molecule has 0 radical (unpaired) electrons. The minimum absolute atomic E-state index is 0.214. The zero-order valence-electron chi connectivity index (χ0n) is 12.7. The number of aromatic nitrogens is 1. The van der Waals surface area contributed by atoms with Crippen molar-refractivity contribution in [2.75, 3.05) is 6.61 Å². The van der Waals surface area contributed by atoms with Crippen LogP contribution in [0.25, 0.3) is 0 Å². The number of Topliss-reactive ketones (excluding diaryl/α,β-unsaturated/α-hetero) is 1. The molecule has 0 saturated heterocycles. The zero-order chi connectivity index (χ0) is 16.1. The summed E-state index contributed by atoms with van der Waals surface area (Å²) >= 11 is 1.01. The number of rotatable bonds is 5. The highest BCUT2D eigenvalue weighted by Crippen LogP contribution is 2.30. The summed E-state index contributed by atoms with van der Waals surface area (Å²) in [7, 11) is 0. The van der Waals surface area contributed by atoms with E-state index in [0.29, 0.717) is 10.6 Å². The second-order valence-corrected chi connectivity index (χ2v) is 6.22. The lowest BCUT2D eigenvalue weighted by Gasteiger charge is -2.18. The minimum atomic E-state index is -0.971. The predicted molar refractivity (Wildman–Crippen MR) is 82.6 cm³/mol. The standard InChI is InChI=1S/C16H18N2O3S/c1-3-21-16(20)14(10(2)19)22-15-12(9-17)8-11-6-4-5-7-13(11)18-15/h8,14H,3-7H2,1-2H3/t14-/m1/s1. The smallest absolute Gasteiger partial charge is 0.327 e. The van der Waals surface area contributed by atoms with E-state index in [0.717, 1.165) is 48.7 Å². The Morgan fingerprint density at radius 3 is 2.82 bits per heavy atom. The summed E-state index contributed by atoms with van der Waals surface area (Å²) in [5.41, 5.74) is 2.49. The van der Waals surface area contributed by atoms with E-state index in [1.54, 1.807) is 6.92 Å². The molecule has 5 nitrogen and oxygen atoms in total. The second kappa shape index (κ2) is 7.41. The number of ketones is 1. The summed E-state index contributed by atoms with van der Waals surface area (Å²) in [6.45, 7) is 3.25. The van der Waals surface area contributed by atoms with E-state index in [1.165, 1.54) is 6.92 Å². The van der Waals surface area contributed by atoms with Crippen molar-refractivity contribution < 1.29 is 14.3 Å². The van der Waals surface area contributed by atoms with Gasteiger partial charge in [-0.3, -0.25) is 9.59 Å². The molecule has 22 heavy (non-hydrogen) atoms. The van der Waals surface area contributed by atoms with E-state index in [2.05, 4.69) is 11.1 Å². The minimum Gasteiger partial charge on any atom is -0.465 e. The Bertz CT molecular complexity index is 637. The Hall–Kier alpha value is -1.87. The summed E-state index contributed by atoms with van der Waals surface area (Å²) in [6.07, 6.45) is 3.98. The molecule has 1 atom stereocenters. The molecule has 116 valence electrons. The van der Waals surface area contributed by atoms with Gasteiger partial charge in [0.25, 0.3) is 0 Å². The number of fused-ring (bicyclic) bond motifs is 1. The molecule has 0 saturated carbocycles. The number of hydrogen-bond acceptors (Lipinski definition) is 6. The van der Waals surface area contributed by atoms with Gasteiger partial charge in [0.2, 0.25) is 0 Å². The van der Waals surface area contributed by atoms with Gasteiger partial charge in [0.15, 0.2) is 11.0 Å². The van der Waals surface area contributed by atoms with Crippen molar-refractivity contribution in [3.8, 4) is 6.07 Å². The lowest BCUT2D eigenvalue weighted by molar-refractivity contribution is -0.144. The number of carbonyl (C=O) groups is 2. The van der Waals surface area contributed by atoms with Crippen LogP contribution in [0.2, 0.25) is 0 Å². The van der Waals surface area contributed by atoms with Gasteiger partial charge >= 0.3 is 5.97 Å². The number of nitriles is 1. The number of nitrogens with zero attached hydrogens (tertiary/aromatic N) is 2. The van der Waals surface area contributed by atoms with Crippen LogP contribution in [-0.2, 0) is 27.2 Å². The van der Waals surface area contributed by atoms with Crippen LogP contribution in [0, 0.1) is 11.3 Å². The SMILES string of the molecule is CCOC(=O)[C@H](Sc1nc2c(cc1C#N)CCCC2)C(C)=O. The Labute approximate surface area is 134 Å². The molecular formula is C16H18N2O3S. The molecule has 0 N–H and O–H groups in total. The molecule has 0 bridgehead atoms. The first-order chi connectivity index (χ1) is 10.6. The maximum absolute atomic E-state index is 11.9. The van der Waals surface area contributed by atoms with Gasteiger partial charge in [-0.1, -0.05) is 11.8 Å². The number of esters is 1. The highest BCUT2D eigenvalue weighted by molar-refractivity contribution is 8.01. The molecule has 1 aromatic heterocycles. The Morgan fingerprint density at radius 2 is 2.18 bits per heavy atom. The molecule has 1 aliphatic carbocycles.